The molecular weight excluding hydrogens is 957 g/mol. The van der Waals surface area contributed by atoms with Gasteiger partial charge in [-0.15, -0.1) is 0 Å². The number of aromatic nitrogens is 6. The summed E-state index contributed by atoms with van der Waals surface area (Å²) in [6.07, 6.45) is -4.45. The van der Waals surface area contributed by atoms with E-state index in [1.807, 2.05) is 6.26 Å². The Bertz CT molecular complexity index is 2570. The van der Waals surface area contributed by atoms with E-state index in [0.717, 1.165) is 10.9 Å². The van der Waals surface area contributed by atoms with E-state index in [0.29, 0.717) is 11.3 Å². The number of esters is 1. The van der Waals surface area contributed by atoms with Gasteiger partial charge in [-0.1, -0.05) is 51.0 Å². The van der Waals surface area contributed by atoms with E-state index in [9.17, 15) is 43.3 Å². The van der Waals surface area contributed by atoms with Crippen molar-refractivity contribution in [2.45, 2.75) is 79.7 Å². The molecule has 358 valence electrons. The molecule has 2 aliphatic rings. The number of hydrogen-bond donors (Lipinski definition) is 8. The Hall–Kier alpha value is -4.90. The standard InChI is InChI=1S/C34H45N13O15P2S2/c1-65-66-18(11-39-34(51)57-12-17-4-2-3-5-20(17)44-45-38)6-7-19(35)32(49)62-28-22(61-31(27(28)48)47-16-42-26-29(37)40-15-41-30(26)47)14-58-63(52,53)23-10-25(46-9-8-24(36)43-33(46)50)60-21(23)13-59-64(54,55)56/h2-5,8-9,15-16,18-19,21-23,25,27-28,31,48H,6-7,10-14,35H2,1H3,(H,39,51)(H,52,53)(H2,36,43,50)(H2,37,40,41)(H2,54,55,56)/t18-,19-,21+,22+,23-,25+,27+,28+,31+/m0/s1. The van der Waals surface area contributed by atoms with Crippen molar-refractivity contribution in [1.82, 2.24) is 34.4 Å². The van der Waals surface area contributed by atoms with Gasteiger partial charge >= 0.3 is 33.2 Å². The number of anilines is 2. The largest absolute Gasteiger partial charge is 0.469 e. The molecule has 0 aliphatic carbocycles. The number of ether oxygens (including phenoxy) is 4. The van der Waals surface area contributed by atoms with Crippen LogP contribution < -0.4 is 28.2 Å². The molecule has 2 fully saturated rings. The molecule has 28 nitrogen and oxygen atoms in total. The number of aliphatic hydroxyl groups excluding tert-OH is 1. The summed E-state index contributed by atoms with van der Waals surface area (Å²) in [4.78, 5) is 87.5. The third kappa shape index (κ3) is 12.7. The van der Waals surface area contributed by atoms with Gasteiger partial charge in [0.25, 0.3) is 0 Å². The number of amides is 1. The minimum atomic E-state index is -5.12. The minimum Gasteiger partial charge on any atom is -0.455 e. The second-order valence-corrected chi connectivity index (χ2v) is 20.6. The Morgan fingerprint density at radius 2 is 1.83 bits per heavy atom. The Morgan fingerprint density at radius 3 is 2.56 bits per heavy atom. The van der Waals surface area contributed by atoms with Gasteiger partial charge in [0.05, 0.1) is 31.3 Å². The summed E-state index contributed by atoms with van der Waals surface area (Å²) in [7, 11) is -7.28. The zero-order valence-electron chi connectivity index (χ0n) is 34.5. The number of alkyl carbamates (subject to hydrolysis) is 1. The number of nitrogens with two attached hydrogens (primary N) is 3. The number of azide groups is 1. The van der Waals surface area contributed by atoms with Gasteiger partial charge in [-0.3, -0.25) is 23.0 Å². The van der Waals surface area contributed by atoms with Crippen molar-refractivity contribution in [1.29, 1.82) is 0 Å². The minimum absolute atomic E-state index is 0.00528. The number of carbonyl (C=O) groups is 2. The number of fused-ring (bicyclic) bond motifs is 1. The Morgan fingerprint density at radius 1 is 1.08 bits per heavy atom. The normalized spacial score (nSPS) is 23.7. The number of nitrogens with one attached hydrogen (secondary N) is 1. The van der Waals surface area contributed by atoms with E-state index in [2.05, 4.69) is 39.8 Å². The maximum atomic E-state index is 14.0. The topological polar surface area (TPSA) is 422 Å². The number of imidazole rings is 1. The second kappa shape index (κ2) is 22.3. The van der Waals surface area contributed by atoms with Gasteiger partial charge in [-0.25, -0.2) is 29.1 Å². The fourth-order valence-corrected chi connectivity index (χ4v) is 10.8. The zero-order chi connectivity index (χ0) is 47.8. The van der Waals surface area contributed by atoms with Crippen molar-refractivity contribution < 1.29 is 66.5 Å². The number of phosphoric acid groups is 1. The van der Waals surface area contributed by atoms with E-state index >= 15 is 0 Å². The van der Waals surface area contributed by atoms with Crippen LogP contribution in [0.5, 0.6) is 0 Å². The number of hydrogen-bond acceptors (Lipinski definition) is 22. The van der Waals surface area contributed by atoms with Crippen LogP contribution in [0.15, 0.2) is 59.1 Å². The molecule has 0 spiro atoms. The van der Waals surface area contributed by atoms with Gasteiger partial charge in [-0.2, -0.15) is 4.98 Å². The predicted octanol–water partition coefficient (Wildman–Crippen LogP) is 1.74. The third-order valence-corrected chi connectivity index (χ3v) is 14.8. The Kier molecular flexibility index (Phi) is 17.0. The lowest BCUT2D eigenvalue weighted by Crippen LogP contribution is -2.43. The van der Waals surface area contributed by atoms with Crippen LogP contribution >= 0.6 is 37.0 Å². The maximum absolute atomic E-state index is 14.0. The molecule has 2 saturated heterocycles. The van der Waals surface area contributed by atoms with Crippen molar-refractivity contribution >= 4 is 77.6 Å². The van der Waals surface area contributed by atoms with Crippen LogP contribution in [0.4, 0.5) is 22.1 Å². The first-order valence-corrected chi connectivity index (χ1v) is 25.3. The van der Waals surface area contributed by atoms with Gasteiger partial charge < -0.3 is 65.8 Å². The fraction of sp³-hybridized carbons (Fsp3) is 0.500. The number of carbonyl (C=O) groups excluding carboxylic acids is 2. The number of benzene rings is 1. The molecule has 1 unspecified atom stereocenters. The van der Waals surface area contributed by atoms with E-state index in [1.54, 1.807) is 24.3 Å². The SMILES string of the molecule is CSS[C@@H](CC[C@H](N)C(=O)O[C@H]1[C@@H](O)[C@H](n2cnc3c(N)ncnc32)O[C@@H]1COP(=O)(O)[C@H]1C[C@H](n2ccc(N)nc2=O)O[C@@H]1COP(=O)(O)O)CNC(=O)OCc1ccccc1N=[N+]=[N-]. The maximum Gasteiger partial charge on any atom is 0.469 e. The second-order valence-electron chi connectivity index (χ2n) is 14.5. The highest BCUT2D eigenvalue weighted by atomic mass is 33.1. The zero-order valence-corrected chi connectivity index (χ0v) is 37.9. The molecule has 0 radical (unpaired) electrons. The van der Waals surface area contributed by atoms with Crippen molar-refractivity contribution in [2.24, 2.45) is 10.8 Å². The summed E-state index contributed by atoms with van der Waals surface area (Å²) in [6.45, 7) is -1.79. The lowest BCUT2D eigenvalue weighted by molar-refractivity contribution is -0.158. The van der Waals surface area contributed by atoms with E-state index < -0.39 is 101 Å². The van der Waals surface area contributed by atoms with E-state index in [-0.39, 0.29) is 54.0 Å². The van der Waals surface area contributed by atoms with Gasteiger partial charge in [0.1, 0.15) is 48.7 Å². The molecular formula is C34H45N13O15P2S2. The molecule has 0 bridgehead atoms. The number of phosphoric ester groups is 1. The van der Waals surface area contributed by atoms with Crippen LogP contribution in [-0.4, -0.2) is 128 Å². The summed E-state index contributed by atoms with van der Waals surface area (Å²) in [6, 6.07) is 6.57. The molecule has 1 aromatic carbocycles. The van der Waals surface area contributed by atoms with Crippen LogP contribution in [0.25, 0.3) is 21.6 Å². The van der Waals surface area contributed by atoms with E-state index in [1.165, 1.54) is 44.7 Å². The molecule has 66 heavy (non-hydrogen) atoms. The smallest absolute Gasteiger partial charge is 0.455 e. The molecule has 3 aromatic heterocycles. The quantitative estimate of drug-likeness (QED) is 0.0147. The summed E-state index contributed by atoms with van der Waals surface area (Å²) in [5.41, 5.74) is 25.3. The average molecular weight is 1000 g/mol. The van der Waals surface area contributed by atoms with Crippen LogP contribution in [0.3, 0.4) is 0 Å². The van der Waals surface area contributed by atoms with Gasteiger partial charge in [-0.05, 0) is 36.3 Å². The first-order chi connectivity index (χ1) is 31.4. The molecule has 32 heteroatoms. The van der Waals surface area contributed by atoms with Crippen molar-refractivity contribution in [3.63, 3.8) is 0 Å². The van der Waals surface area contributed by atoms with Gasteiger partial charge in [0, 0.05) is 35.0 Å². The third-order valence-electron chi connectivity index (χ3n) is 10.2. The Balaban J connectivity index is 1.14. The summed E-state index contributed by atoms with van der Waals surface area (Å²) in [5.74, 6) is -1.11. The molecule has 2 aliphatic heterocycles. The Labute approximate surface area is 381 Å². The number of rotatable bonds is 21. The number of aliphatic hydroxyl groups is 1. The highest BCUT2D eigenvalue weighted by Gasteiger charge is 2.52. The number of nitrogen functional groups attached to an aromatic ring is 2. The van der Waals surface area contributed by atoms with E-state index in [4.69, 9.17) is 46.2 Å². The summed E-state index contributed by atoms with van der Waals surface area (Å²) in [5, 5.41) is 17.6. The lowest BCUT2D eigenvalue weighted by Gasteiger charge is -2.26. The monoisotopic (exact) mass is 1000 g/mol. The summed E-state index contributed by atoms with van der Waals surface area (Å²) >= 11 is 0. The van der Waals surface area contributed by atoms with Crippen molar-refractivity contribution in [2.75, 3.05) is 37.5 Å². The molecule has 5 heterocycles. The predicted molar refractivity (Wildman–Crippen MR) is 234 cm³/mol. The first-order valence-electron chi connectivity index (χ1n) is 19.5. The average Bonchev–Trinajstić information content (AvgIpc) is 3.99. The van der Waals surface area contributed by atoms with Crippen LogP contribution in [0.2, 0.25) is 0 Å². The highest BCUT2D eigenvalue weighted by Crippen LogP contribution is 2.56. The van der Waals surface area contributed by atoms with Crippen LogP contribution in [0, 0.1) is 0 Å². The molecule has 0 saturated carbocycles. The molecule has 4 aromatic rings. The molecule has 10 atom stereocenters. The van der Waals surface area contributed by atoms with Crippen LogP contribution in [-0.2, 0) is 48.5 Å². The van der Waals surface area contributed by atoms with Crippen LogP contribution in [0.1, 0.15) is 37.3 Å². The molecule has 6 rings (SSSR count). The van der Waals surface area contributed by atoms with Crippen molar-refractivity contribution in [3.05, 3.63) is 75.7 Å². The highest BCUT2D eigenvalue weighted by molar-refractivity contribution is 8.76. The van der Waals surface area contributed by atoms with Gasteiger partial charge in [0.15, 0.2) is 23.8 Å². The summed E-state index contributed by atoms with van der Waals surface area (Å²) < 4.78 is 60.9. The number of nitrogens with zero attached hydrogens (tertiary/aromatic N) is 9. The van der Waals surface area contributed by atoms with Crippen molar-refractivity contribution in [3.8, 4) is 0 Å². The lowest BCUT2D eigenvalue weighted by atomic mass is 10.1. The molecule has 1 amide bonds. The fourth-order valence-electron chi connectivity index (χ4n) is 6.95. The molecule has 11 N–H and O–H groups in total. The van der Waals surface area contributed by atoms with Gasteiger partial charge in [0.2, 0.25) is 0 Å². The first kappa shape index (κ1) is 50.5.